The van der Waals surface area contributed by atoms with Crippen LogP contribution in [0.5, 0.6) is 5.75 Å². The van der Waals surface area contributed by atoms with E-state index in [1.54, 1.807) is 0 Å². The van der Waals surface area contributed by atoms with Crippen LogP contribution in [0.1, 0.15) is 78.4 Å². The third-order valence-corrected chi connectivity index (χ3v) is 4.38. The fraction of sp³-hybridized carbons (Fsp3) is 0.667. The third-order valence-electron chi connectivity index (χ3n) is 4.38. The first-order valence-electron chi connectivity index (χ1n) is 7.58. The van der Waals surface area contributed by atoms with Crippen molar-refractivity contribution >= 4 is 0 Å². The van der Waals surface area contributed by atoms with Gasteiger partial charge in [-0.2, -0.15) is 0 Å². The Kier molecular flexibility index (Phi) is 5.06. The summed E-state index contributed by atoms with van der Waals surface area (Å²) in [5, 5.41) is 10.3. The summed E-state index contributed by atoms with van der Waals surface area (Å²) in [5.74, 6) is 0.452. The topological polar surface area (TPSA) is 20.2 Å². The molecular formula is C18H30O. The van der Waals surface area contributed by atoms with E-state index in [1.165, 1.54) is 18.4 Å². The van der Waals surface area contributed by atoms with Crippen LogP contribution >= 0.6 is 0 Å². The summed E-state index contributed by atoms with van der Waals surface area (Å²) in [4.78, 5) is 0. The van der Waals surface area contributed by atoms with Gasteiger partial charge in [0.1, 0.15) is 5.75 Å². The van der Waals surface area contributed by atoms with Crippen LogP contribution in [-0.4, -0.2) is 5.11 Å². The zero-order valence-electron chi connectivity index (χ0n) is 13.5. The molecule has 1 heteroatoms. The molecule has 0 aliphatic heterocycles. The molecule has 1 unspecified atom stereocenters. The van der Waals surface area contributed by atoms with Crippen molar-refractivity contribution in [1.29, 1.82) is 0 Å². The molecular weight excluding hydrogens is 232 g/mol. The standard InChI is InChI=1S/C18H30O/c1-7-9-12-18(6,8-2)15-13-14(17(3,4)5)10-11-16(15)19/h10-11,13,19H,7-9,12H2,1-6H3. The first-order valence-corrected chi connectivity index (χ1v) is 7.58. The van der Waals surface area contributed by atoms with Crippen LogP contribution in [0, 0.1) is 0 Å². The maximum atomic E-state index is 10.3. The second-order valence-electron chi connectivity index (χ2n) is 7.00. The monoisotopic (exact) mass is 262 g/mol. The molecule has 1 N–H and O–H groups in total. The number of hydrogen-bond donors (Lipinski definition) is 1. The van der Waals surface area contributed by atoms with E-state index in [2.05, 4.69) is 53.7 Å². The molecule has 1 aromatic carbocycles. The maximum absolute atomic E-state index is 10.3. The fourth-order valence-corrected chi connectivity index (χ4v) is 2.55. The van der Waals surface area contributed by atoms with Crippen molar-refractivity contribution in [2.75, 3.05) is 0 Å². The fourth-order valence-electron chi connectivity index (χ4n) is 2.55. The van der Waals surface area contributed by atoms with Crippen molar-refractivity contribution < 1.29 is 5.11 Å². The largest absolute Gasteiger partial charge is 0.508 e. The van der Waals surface area contributed by atoms with Crippen LogP contribution in [0.15, 0.2) is 18.2 Å². The van der Waals surface area contributed by atoms with E-state index in [0.29, 0.717) is 5.75 Å². The molecule has 0 aromatic heterocycles. The van der Waals surface area contributed by atoms with Crippen molar-refractivity contribution in [2.45, 2.75) is 78.1 Å². The first-order chi connectivity index (χ1) is 8.74. The lowest BCUT2D eigenvalue weighted by molar-refractivity contribution is 0.374. The smallest absolute Gasteiger partial charge is 0.119 e. The number of rotatable bonds is 5. The molecule has 0 saturated carbocycles. The molecule has 0 radical (unpaired) electrons. The van der Waals surface area contributed by atoms with Gasteiger partial charge in [0.25, 0.3) is 0 Å². The van der Waals surface area contributed by atoms with Crippen molar-refractivity contribution in [3.63, 3.8) is 0 Å². The van der Waals surface area contributed by atoms with Gasteiger partial charge in [-0.3, -0.25) is 0 Å². The van der Waals surface area contributed by atoms with Gasteiger partial charge in [-0.15, -0.1) is 0 Å². The first kappa shape index (κ1) is 16.1. The van der Waals surface area contributed by atoms with Gasteiger partial charge >= 0.3 is 0 Å². The molecule has 1 atom stereocenters. The molecule has 0 aliphatic carbocycles. The lowest BCUT2D eigenvalue weighted by Gasteiger charge is -2.31. The zero-order valence-corrected chi connectivity index (χ0v) is 13.5. The van der Waals surface area contributed by atoms with Gasteiger partial charge in [-0.25, -0.2) is 0 Å². The average molecular weight is 262 g/mol. The van der Waals surface area contributed by atoms with E-state index in [0.717, 1.165) is 18.4 Å². The Morgan fingerprint density at radius 2 is 1.68 bits per heavy atom. The highest BCUT2D eigenvalue weighted by Crippen LogP contribution is 2.40. The second-order valence-corrected chi connectivity index (χ2v) is 7.00. The Bertz CT molecular complexity index is 414. The van der Waals surface area contributed by atoms with E-state index < -0.39 is 0 Å². The van der Waals surface area contributed by atoms with E-state index in [1.807, 2.05) is 6.07 Å². The van der Waals surface area contributed by atoms with Gasteiger partial charge in [0.15, 0.2) is 0 Å². The Hall–Kier alpha value is -0.980. The average Bonchev–Trinajstić information content (AvgIpc) is 2.35. The molecule has 0 spiro atoms. The highest BCUT2D eigenvalue weighted by atomic mass is 16.3. The molecule has 108 valence electrons. The number of unbranched alkanes of at least 4 members (excludes halogenated alkanes) is 1. The molecule has 0 amide bonds. The van der Waals surface area contributed by atoms with Crippen molar-refractivity contribution in [1.82, 2.24) is 0 Å². The van der Waals surface area contributed by atoms with Crippen LogP contribution in [0.25, 0.3) is 0 Å². The molecule has 1 rings (SSSR count). The van der Waals surface area contributed by atoms with E-state index in [4.69, 9.17) is 0 Å². The van der Waals surface area contributed by atoms with Crippen LogP contribution in [0.3, 0.4) is 0 Å². The lowest BCUT2D eigenvalue weighted by Crippen LogP contribution is -2.22. The van der Waals surface area contributed by atoms with Crippen molar-refractivity contribution in [3.8, 4) is 5.75 Å². The van der Waals surface area contributed by atoms with Crippen molar-refractivity contribution in [2.24, 2.45) is 0 Å². The van der Waals surface area contributed by atoms with Gasteiger partial charge in [0.05, 0.1) is 0 Å². The number of hydrogen-bond acceptors (Lipinski definition) is 1. The normalized spacial score (nSPS) is 15.3. The summed E-state index contributed by atoms with van der Waals surface area (Å²) in [6, 6.07) is 6.14. The summed E-state index contributed by atoms with van der Waals surface area (Å²) in [5.41, 5.74) is 2.63. The zero-order chi connectivity index (χ0) is 14.7. The van der Waals surface area contributed by atoms with E-state index in [9.17, 15) is 5.11 Å². The summed E-state index contributed by atoms with van der Waals surface area (Å²) in [6.45, 7) is 13.4. The summed E-state index contributed by atoms with van der Waals surface area (Å²) < 4.78 is 0. The quantitative estimate of drug-likeness (QED) is 0.738. The number of aromatic hydroxyl groups is 1. The van der Waals surface area contributed by atoms with Crippen LogP contribution < -0.4 is 0 Å². The Morgan fingerprint density at radius 3 is 2.16 bits per heavy atom. The SMILES string of the molecule is CCCCC(C)(CC)c1cc(C(C)(C)C)ccc1O. The molecule has 19 heavy (non-hydrogen) atoms. The minimum absolute atomic E-state index is 0.0847. The third kappa shape index (κ3) is 3.75. The minimum atomic E-state index is 0.0847. The number of phenolic OH excluding ortho intramolecular Hbond substituents is 1. The van der Waals surface area contributed by atoms with Gasteiger partial charge in [-0.05, 0) is 35.3 Å². The number of phenols is 1. The highest BCUT2D eigenvalue weighted by Gasteiger charge is 2.28. The van der Waals surface area contributed by atoms with Crippen LogP contribution in [0.4, 0.5) is 0 Å². The molecule has 0 aliphatic rings. The molecule has 0 fully saturated rings. The highest BCUT2D eigenvalue weighted by molar-refractivity contribution is 5.43. The van der Waals surface area contributed by atoms with Crippen LogP contribution in [0.2, 0.25) is 0 Å². The summed E-state index contributed by atoms with van der Waals surface area (Å²) >= 11 is 0. The molecule has 1 aromatic rings. The second kappa shape index (κ2) is 5.98. The van der Waals surface area contributed by atoms with Gasteiger partial charge < -0.3 is 5.11 Å². The predicted octanol–water partition coefficient (Wildman–Crippen LogP) is 5.55. The Labute approximate surface area is 119 Å². The van der Waals surface area contributed by atoms with E-state index in [-0.39, 0.29) is 10.8 Å². The summed E-state index contributed by atoms with van der Waals surface area (Å²) in [7, 11) is 0. The predicted molar refractivity (Wildman–Crippen MR) is 84.0 cm³/mol. The van der Waals surface area contributed by atoms with E-state index >= 15 is 0 Å². The van der Waals surface area contributed by atoms with Crippen LogP contribution in [-0.2, 0) is 10.8 Å². The molecule has 0 saturated heterocycles. The molecule has 0 heterocycles. The Morgan fingerprint density at radius 1 is 1.05 bits per heavy atom. The Balaban J connectivity index is 3.23. The van der Waals surface area contributed by atoms with Crippen molar-refractivity contribution in [3.05, 3.63) is 29.3 Å². The van der Waals surface area contributed by atoms with Gasteiger partial charge in [-0.1, -0.05) is 66.5 Å². The molecule has 0 bridgehead atoms. The van der Waals surface area contributed by atoms with Gasteiger partial charge in [0, 0.05) is 5.56 Å². The molecule has 1 nitrogen and oxygen atoms in total. The number of benzene rings is 1. The summed E-state index contributed by atoms with van der Waals surface area (Å²) in [6.07, 6.45) is 4.62. The minimum Gasteiger partial charge on any atom is -0.508 e. The maximum Gasteiger partial charge on any atom is 0.119 e. The van der Waals surface area contributed by atoms with Gasteiger partial charge in [0.2, 0.25) is 0 Å². The lowest BCUT2D eigenvalue weighted by atomic mass is 9.73.